The smallest absolute Gasteiger partial charge is 0.109 e. The first-order chi connectivity index (χ1) is 6.75. The van der Waals surface area contributed by atoms with Crippen LogP contribution in [0.25, 0.3) is 10.2 Å². The number of para-hydroxylation sites is 1. The number of fused-ring (bicyclic) bond motifs is 1. The van der Waals surface area contributed by atoms with Crippen LogP contribution in [0.15, 0.2) is 24.3 Å². The van der Waals surface area contributed by atoms with Crippen LogP contribution < -0.4 is 5.43 Å². The molecule has 0 unspecified atom stereocenters. The van der Waals surface area contributed by atoms with E-state index in [0.717, 1.165) is 17.1 Å². The third kappa shape index (κ3) is 2.09. The lowest BCUT2D eigenvalue weighted by atomic mass is 10.3. The van der Waals surface area contributed by atoms with Gasteiger partial charge in [0.25, 0.3) is 0 Å². The van der Waals surface area contributed by atoms with Crippen molar-refractivity contribution in [3.63, 3.8) is 0 Å². The van der Waals surface area contributed by atoms with Gasteiger partial charge >= 0.3 is 0 Å². The van der Waals surface area contributed by atoms with Crippen molar-refractivity contribution in [2.75, 3.05) is 14.1 Å². The van der Waals surface area contributed by atoms with Crippen molar-refractivity contribution in [3.05, 3.63) is 29.3 Å². The highest BCUT2D eigenvalue weighted by Gasteiger charge is 2.02. The number of thiazole rings is 1. The Kier molecular flexibility index (Phi) is 2.77. The van der Waals surface area contributed by atoms with Gasteiger partial charge in [-0.3, -0.25) is 5.01 Å². The predicted molar refractivity (Wildman–Crippen MR) is 60.1 cm³/mol. The van der Waals surface area contributed by atoms with Crippen LogP contribution in [0, 0.1) is 0 Å². The van der Waals surface area contributed by atoms with Crippen molar-refractivity contribution in [1.29, 1.82) is 0 Å². The number of hydrogen-bond acceptors (Lipinski definition) is 4. The fraction of sp³-hybridized carbons (Fsp3) is 0.300. The van der Waals surface area contributed by atoms with Crippen molar-refractivity contribution in [2.24, 2.45) is 0 Å². The Labute approximate surface area is 87.3 Å². The number of nitrogens with one attached hydrogen (secondary N) is 1. The van der Waals surface area contributed by atoms with Crippen molar-refractivity contribution < 1.29 is 0 Å². The van der Waals surface area contributed by atoms with Gasteiger partial charge in [-0.15, -0.1) is 11.3 Å². The number of hydrogen-bond donors (Lipinski definition) is 1. The Morgan fingerprint density at radius 3 is 2.86 bits per heavy atom. The molecular weight excluding hydrogens is 194 g/mol. The standard InChI is InChI=1S/C10H13N3S/c1-13(2)11-7-10-12-8-5-3-4-6-9(8)14-10/h3-6,11H,7H2,1-2H3. The summed E-state index contributed by atoms with van der Waals surface area (Å²) in [5.74, 6) is 0. The minimum Gasteiger partial charge on any atom is -0.250 e. The Bertz CT molecular complexity index is 389. The fourth-order valence-electron chi connectivity index (χ4n) is 1.22. The average Bonchev–Trinajstić information content (AvgIpc) is 2.57. The van der Waals surface area contributed by atoms with Crippen LogP contribution in [-0.2, 0) is 6.54 Å². The molecule has 1 aromatic carbocycles. The number of nitrogens with zero attached hydrogens (tertiary/aromatic N) is 2. The van der Waals surface area contributed by atoms with Gasteiger partial charge in [-0.25, -0.2) is 10.4 Å². The van der Waals surface area contributed by atoms with Gasteiger partial charge in [-0.05, 0) is 12.1 Å². The van der Waals surface area contributed by atoms with Crippen molar-refractivity contribution in [3.8, 4) is 0 Å². The maximum Gasteiger partial charge on any atom is 0.109 e. The van der Waals surface area contributed by atoms with Crippen molar-refractivity contribution in [2.45, 2.75) is 6.54 Å². The van der Waals surface area contributed by atoms with Crippen molar-refractivity contribution >= 4 is 21.6 Å². The lowest BCUT2D eigenvalue weighted by molar-refractivity contribution is 0.286. The summed E-state index contributed by atoms with van der Waals surface area (Å²) >= 11 is 1.74. The zero-order valence-electron chi connectivity index (χ0n) is 8.32. The van der Waals surface area contributed by atoms with Gasteiger partial charge in [0.1, 0.15) is 5.01 Å². The van der Waals surface area contributed by atoms with Gasteiger partial charge in [0.05, 0.1) is 16.8 Å². The molecule has 2 aromatic rings. The second-order valence-corrected chi connectivity index (χ2v) is 4.42. The lowest BCUT2D eigenvalue weighted by Gasteiger charge is -2.09. The summed E-state index contributed by atoms with van der Waals surface area (Å²) in [7, 11) is 3.96. The molecule has 0 aliphatic carbocycles. The molecule has 2 rings (SSSR count). The van der Waals surface area contributed by atoms with Crippen LogP contribution in [0.5, 0.6) is 0 Å². The second kappa shape index (κ2) is 4.04. The molecule has 1 aromatic heterocycles. The largest absolute Gasteiger partial charge is 0.250 e. The maximum absolute atomic E-state index is 4.51. The van der Waals surface area contributed by atoms with E-state index in [0.29, 0.717) is 0 Å². The topological polar surface area (TPSA) is 28.2 Å². The van der Waals surface area contributed by atoms with Gasteiger partial charge in [-0.2, -0.15) is 0 Å². The van der Waals surface area contributed by atoms with E-state index in [1.807, 2.05) is 37.3 Å². The minimum atomic E-state index is 0.798. The number of aromatic nitrogens is 1. The fourth-order valence-corrected chi connectivity index (χ4v) is 2.12. The molecule has 0 bridgehead atoms. The highest BCUT2D eigenvalue weighted by Crippen LogP contribution is 2.21. The summed E-state index contributed by atoms with van der Waals surface area (Å²) in [6.45, 7) is 0.798. The average molecular weight is 207 g/mol. The highest BCUT2D eigenvalue weighted by atomic mass is 32.1. The van der Waals surface area contributed by atoms with Gasteiger partial charge in [0.2, 0.25) is 0 Å². The van der Waals surface area contributed by atoms with Crippen LogP contribution in [0.3, 0.4) is 0 Å². The normalized spacial score (nSPS) is 11.4. The number of hydrazine groups is 1. The monoisotopic (exact) mass is 207 g/mol. The van der Waals surface area contributed by atoms with E-state index < -0.39 is 0 Å². The molecular formula is C10H13N3S. The van der Waals surface area contributed by atoms with Crippen LogP contribution in [0.2, 0.25) is 0 Å². The summed E-state index contributed by atoms with van der Waals surface area (Å²) in [6.07, 6.45) is 0. The zero-order valence-corrected chi connectivity index (χ0v) is 9.14. The van der Waals surface area contributed by atoms with E-state index in [9.17, 15) is 0 Å². The molecule has 0 atom stereocenters. The molecule has 1 N–H and O–H groups in total. The predicted octanol–water partition coefficient (Wildman–Crippen LogP) is 1.86. The third-order valence-corrected chi connectivity index (χ3v) is 2.92. The summed E-state index contributed by atoms with van der Waals surface area (Å²) in [4.78, 5) is 4.51. The first kappa shape index (κ1) is 9.58. The molecule has 0 radical (unpaired) electrons. The molecule has 0 saturated heterocycles. The van der Waals surface area contributed by atoms with Crippen molar-refractivity contribution in [1.82, 2.24) is 15.4 Å². The van der Waals surface area contributed by atoms with E-state index >= 15 is 0 Å². The molecule has 14 heavy (non-hydrogen) atoms. The Morgan fingerprint density at radius 2 is 2.14 bits per heavy atom. The number of benzene rings is 1. The van der Waals surface area contributed by atoms with Crippen LogP contribution >= 0.6 is 11.3 Å². The second-order valence-electron chi connectivity index (χ2n) is 3.30. The molecule has 74 valence electrons. The first-order valence-corrected chi connectivity index (χ1v) is 5.32. The lowest BCUT2D eigenvalue weighted by Crippen LogP contribution is -2.29. The molecule has 0 saturated carbocycles. The molecule has 0 aliphatic heterocycles. The summed E-state index contributed by atoms with van der Waals surface area (Å²) < 4.78 is 1.25. The molecule has 0 fully saturated rings. The highest BCUT2D eigenvalue weighted by molar-refractivity contribution is 7.18. The quantitative estimate of drug-likeness (QED) is 0.779. The molecule has 1 heterocycles. The molecule has 0 aliphatic rings. The van der Waals surface area contributed by atoms with Crippen LogP contribution in [-0.4, -0.2) is 24.1 Å². The SMILES string of the molecule is CN(C)NCc1nc2ccccc2s1. The van der Waals surface area contributed by atoms with Crippen LogP contribution in [0.4, 0.5) is 0 Å². The summed E-state index contributed by atoms with van der Waals surface area (Å²) in [5, 5.41) is 3.06. The summed E-state index contributed by atoms with van der Waals surface area (Å²) in [5.41, 5.74) is 4.29. The maximum atomic E-state index is 4.51. The molecule has 3 nitrogen and oxygen atoms in total. The summed E-state index contributed by atoms with van der Waals surface area (Å²) in [6, 6.07) is 8.21. The Hall–Kier alpha value is -0.970. The van der Waals surface area contributed by atoms with Crippen LogP contribution in [0.1, 0.15) is 5.01 Å². The van der Waals surface area contributed by atoms with E-state index in [4.69, 9.17) is 0 Å². The molecule has 4 heteroatoms. The van der Waals surface area contributed by atoms with E-state index in [-0.39, 0.29) is 0 Å². The van der Waals surface area contributed by atoms with E-state index in [2.05, 4.69) is 16.5 Å². The number of rotatable bonds is 3. The molecule has 0 amide bonds. The zero-order chi connectivity index (χ0) is 9.97. The van der Waals surface area contributed by atoms with Gasteiger partial charge in [-0.1, -0.05) is 12.1 Å². The van der Waals surface area contributed by atoms with Gasteiger partial charge in [0.15, 0.2) is 0 Å². The van der Waals surface area contributed by atoms with E-state index in [1.54, 1.807) is 11.3 Å². The van der Waals surface area contributed by atoms with Gasteiger partial charge < -0.3 is 0 Å². The van der Waals surface area contributed by atoms with E-state index in [1.165, 1.54) is 4.70 Å². The minimum absolute atomic E-state index is 0.798. The Balaban J connectivity index is 2.19. The molecule has 0 spiro atoms. The Morgan fingerprint density at radius 1 is 1.36 bits per heavy atom. The first-order valence-electron chi connectivity index (χ1n) is 4.51. The van der Waals surface area contributed by atoms with Gasteiger partial charge in [0, 0.05) is 14.1 Å². The third-order valence-electron chi connectivity index (χ3n) is 1.88.